The van der Waals surface area contributed by atoms with Gasteiger partial charge in [0.05, 0.1) is 0 Å². The molecule has 2 aliphatic heterocycles. The highest BCUT2D eigenvalue weighted by Gasteiger charge is 2.50. The minimum Gasteiger partial charge on any atom is -0.482 e. The molecule has 2 heterocycles. The zero-order valence-electron chi connectivity index (χ0n) is 11.1. The number of piperidine rings is 1. The fraction of sp³-hybridized carbons (Fsp3) is 0.294. The summed E-state index contributed by atoms with van der Waals surface area (Å²) in [6.45, 7) is 1.76. The normalized spacial score (nSPS) is 27.6. The standard InChI is InChI=1S/C17H16FNO/c18-13-5-3-4-12(10-13)17-8-9-19-11-15(17)14-6-1-2-7-16(14)20-17/h1-7,10,15,19H,8-9,11H2. The van der Waals surface area contributed by atoms with Gasteiger partial charge in [-0.1, -0.05) is 30.3 Å². The van der Waals surface area contributed by atoms with E-state index in [1.807, 2.05) is 24.3 Å². The molecule has 102 valence electrons. The molecule has 3 heteroatoms. The van der Waals surface area contributed by atoms with E-state index in [-0.39, 0.29) is 11.7 Å². The number of halogens is 1. The first-order valence-corrected chi connectivity index (χ1v) is 7.04. The second kappa shape index (κ2) is 4.32. The van der Waals surface area contributed by atoms with Crippen molar-refractivity contribution in [3.05, 3.63) is 65.5 Å². The van der Waals surface area contributed by atoms with E-state index in [1.54, 1.807) is 12.1 Å². The second-order valence-corrected chi connectivity index (χ2v) is 5.55. The van der Waals surface area contributed by atoms with Gasteiger partial charge in [-0.05, 0) is 30.3 Å². The largest absolute Gasteiger partial charge is 0.482 e. The van der Waals surface area contributed by atoms with Crippen LogP contribution in [0, 0.1) is 5.82 Å². The van der Waals surface area contributed by atoms with Crippen LogP contribution in [0.2, 0.25) is 0 Å². The third-order valence-corrected chi connectivity index (χ3v) is 4.48. The van der Waals surface area contributed by atoms with E-state index in [0.29, 0.717) is 0 Å². The predicted octanol–water partition coefficient (Wildman–Crippen LogP) is 3.19. The maximum absolute atomic E-state index is 13.6. The number of nitrogens with one attached hydrogen (secondary N) is 1. The van der Waals surface area contributed by atoms with E-state index in [4.69, 9.17) is 4.74 Å². The highest BCUT2D eigenvalue weighted by Crippen LogP contribution is 2.52. The highest BCUT2D eigenvalue weighted by atomic mass is 19.1. The van der Waals surface area contributed by atoms with Gasteiger partial charge in [-0.3, -0.25) is 0 Å². The van der Waals surface area contributed by atoms with Crippen molar-refractivity contribution >= 4 is 0 Å². The molecule has 1 saturated heterocycles. The van der Waals surface area contributed by atoms with E-state index in [2.05, 4.69) is 11.4 Å². The molecule has 0 aliphatic carbocycles. The van der Waals surface area contributed by atoms with Gasteiger partial charge in [-0.25, -0.2) is 4.39 Å². The van der Waals surface area contributed by atoms with Crippen LogP contribution in [-0.4, -0.2) is 13.1 Å². The van der Waals surface area contributed by atoms with Crippen molar-refractivity contribution in [2.24, 2.45) is 0 Å². The van der Waals surface area contributed by atoms with Gasteiger partial charge in [-0.2, -0.15) is 0 Å². The summed E-state index contributed by atoms with van der Waals surface area (Å²) >= 11 is 0. The Bertz CT molecular complexity index is 657. The Balaban J connectivity index is 1.87. The molecular formula is C17H16FNO. The smallest absolute Gasteiger partial charge is 0.143 e. The number of ether oxygens (including phenoxy) is 1. The minimum absolute atomic E-state index is 0.200. The molecule has 0 radical (unpaired) electrons. The predicted molar refractivity (Wildman–Crippen MR) is 75.4 cm³/mol. The first-order chi connectivity index (χ1) is 9.79. The molecule has 2 nitrogen and oxygen atoms in total. The topological polar surface area (TPSA) is 21.3 Å². The van der Waals surface area contributed by atoms with Crippen molar-refractivity contribution in [1.82, 2.24) is 5.32 Å². The summed E-state index contributed by atoms with van der Waals surface area (Å²) in [4.78, 5) is 0. The summed E-state index contributed by atoms with van der Waals surface area (Å²) < 4.78 is 20.0. The molecule has 1 fully saturated rings. The molecule has 0 aromatic heterocycles. The van der Waals surface area contributed by atoms with Gasteiger partial charge in [0, 0.05) is 24.4 Å². The van der Waals surface area contributed by atoms with Crippen molar-refractivity contribution in [1.29, 1.82) is 0 Å². The van der Waals surface area contributed by atoms with Crippen molar-refractivity contribution in [2.75, 3.05) is 13.1 Å². The van der Waals surface area contributed by atoms with Crippen molar-refractivity contribution in [2.45, 2.75) is 17.9 Å². The molecule has 2 unspecified atom stereocenters. The molecule has 20 heavy (non-hydrogen) atoms. The Kier molecular flexibility index (Phi) is 2.57. The molecule has 0 amide bonds. The number of hydrogen-bond donors (Lipinski definition) is 1. The van der Waals surface area contributed by atoms with Gasteiger partial charge in [0.1, 0.15) is 17.2 Å². The third kappa shape index (κ3) is 1.59. The van der Waals surface area contributed by atoms with Crippen molar-refractivity contribution in [3.63, 3.8) is 0 Å². The molecule has 2 aliphatic rings. The Morgan fingerprint density at radius 3 is 2.95 bits per heavy atom. The van der Waals surface area contributed by atoms with Gasteiger partial charge in [-0.15, -0.1) is 0 Å². The van der Waals surface area contributed by atoms with Gasteiger partial charge in [0.25, 0.3) is 0 Å². The second-order valence-electron chi connectivity index (χ2n) is 5.55. The zero-order valence-corrected chi connectivity index (χ0v) is 11.1. The zero-order chi connectivity index (χ0) is 13.6. The molecule has 4 rings (SSSR count). The number of para-hydroxylation sites is 1. The van der Waals surface area contributed by atoms with Gasteiger partial charge < -0.3 is 10.1 Å². The van der Waals surface area contributed by atoms with E-state index in [1.165, 1.54) is 11.6 Å². The maximum Gasteiger partial charge on any atom is 0.143 e. The van der Waals surface area contributed by atoms with Crippen LogP contribution in [0.4, 0.5) is 4.39 Å². The molecule has 0 bridgehead atoms. The molecule has 2 aromatic carbocycles. The van der Waals surface area contributed by atoms with Crippen LogP contribution in [0.25, 0.3) is 0 Å². The molecule has 0 spiro atoms. The summed E-state index contributed by atoms with van der Waals surface area (Å²) in [5, 5.41) is 3.43. The Hall–Kier alpha value is -1.87. The van der Waals surface area contributed by atoms with E-state index in [0.717, 1.165) is 30.8 Å². The molecule has 1 N–H and O–H groups in total. The number of fused-ring (bicyclic) bond motifs is 3. The van der Waals surface area contributed by atoms with E-state index >= 15 is 0 Å². The molecule has 2 atom stereocenters. The fourth-order valence-corrected chi connectivity index (χ4v) is 3.56. The highest BCUT2D eigenvalue weighted by molar-refractivity contribution is 5.47. The van der Waals surface area contributed by atoms with Crippen LogP contribution in [0.5, 0.6) is 5.75 Å². The monoisotopic (exact) mass is 269 g/mol. The number of rotatable bonds is 1. The van der Waals surface area contributed by atoms with Crippen LogP contribution >= 0.6 is 0 Å². The summed E-state index contributed by atoms with van der Waals surface area (Å²) in [6, 6.07) is 15.0. The maximum atomic E-state index is 13.6. The lowest BCUT2D eigenvalue weighted by Crippen LogP contribution is -2.47. The fourth-order valence-electron chi connectivity index (χ4n) is 3.56. The Labute approximate surface area is 117 Å². The lowest BCUT2D eigenvalue weighted by molar-refractivity contribution is 0.0392. The summed E-state index contributed by atoms with van der Waals surface area (Å²) in [5.41, 5.74) is 1.75. The molecule has 0 saturated carbocycles. The van der Waals surface area contributed by atoms with Gasteiger partial charge in [0.2, 0.25) is 0 Å². The van der Waals surface area contributed by atoms with Crippen LogP contribution in [0.3, 0.4) is 0 Å². The Morgan fingerprint density at radius 2 is 2.05 bits per heavy atom. The van der Waals surface area contributed by atoms with Crippen LogP contribution in [-0.2, 0) is 5.60 Å². The SMILES string of the molecule is Fc1cccc(C23CCNCC2c2ccccc2O3)c1. The van der Waals surface area contributed by atoms with E-state index < -0.39 is 5.60 Å². The van der Waals surface area contributed by atoms with Gasteiger partial charge in [0.15, 0.2) is 0 Å². The number of benzene rings is 2. The lowest BCUT2D eigenvalue weighted by Gasteiger charge is -2.39. The number of hydrogen-bond acceptors (Lipinski definition) is 2. The lowest BCUT2D eigenvalue weighted by atomic mass is 9.75. The average Bonchev–Trinajstić information content (AvgIpc) is 2.83. The average molecular weight is 269 g/mol. The molecule has 2 aromatic rings. The minimum atomic E-state index is -0.420. The van der Waals surface area contributed by atoms with Crippen LogP contribution in [0.1, 0.15) is 23.5 Å². The third-order valence-electron chi connectivity index (χ3n) is 4.48. The van der Waals surface area contributed by atoms with Crippen LogP contribution < -0.4 is 10.1 Å². The summed E-state index contributed by atoms with van der Waals surface area (Å²) in [7, 11) is 0. The summed E-state index contributed by atoms with van der Waals surface area (Å²) in [6.07, 6.45) is 0.857. The van der Waals surface area contributed by atoms with Gasteiger partial charge >= 0.3 is 0 Å². The van der Waals surface area contributed by atoms with Crippen LogP contribution in [0.15, 0.2) is 48.5 Å². The van der Waals surface area contributed by atoms with Crippen molar-refractivity contribution in [3.8, 4) is 5.75 Å². The molecular weight excluding hydrogens is 253 g/mol. The Morgan fingerprint density at radius 1 is 1.15 bits per heavy atom. The van der Waals surface area contributed by atoms with Crippen molar-refractivity contribution < 1.29 is 9.13 Å². The summed E-state index contributed by atoms with van der Waals surface area (Å²) in [5.74, 6) is 0.980. The van der Waals surface area contributed by atoms with E-state index in [9.17, 15) is 4.39 Å². The first-order valence-electron chi connectivity index (χ1n) is 7.04. The first kappa shape index (κ1) is 11.9. The quantitative estimate of drug-likeness (QED) is 0.858.